The van der Waals surface area contributed by atoms with Crippen molar-refractivity contribution in [3.63, 3.8) is 0 Å². The maximum absolute atomic E-state index is 14.5. The van der Waals surface area contributed by atoms with E-state index >= 15 is 0 Å². The van der Waals surface area contributed by atoms with Gasteiger partial charge in [0.15, 0.2) is 0 Å². The molecule has 218 valence electrons. The summed E-state index contributed by atoms with van der Waals surface area (Å²) in [5.41, 5.74) is 2.76. The number of likely N-dealkylation sites (tertiary alicyclic amines) is 1. The normalized spacial score (nSPS) is 21.5. The molecule has 0 bridgehead atoms. The van der Waals surface area contributed by atoms with Crippen LogP contribution < -0.4 is 15.4 Å². The Morgan fingerprint density at radius 1 is 1.24 bits per heavy atom. The lowest BCUT2D eigenvalue weighted by molar-refractivity contribution is -0.124. The summed E-state index contributed by atoms with van der Waals surface area (Å²) in [5, 5.41) is 6.16. The molecule has 2 aromatic rings. The third kappa shape index (κ3) is 6.09. The van der Waals surface area contributed by atoms with Crippen molar-refractivity contribution < 1.29 is 23.1 Å². The minimum absolute atomic E-state index is 0.0485. The van der Waals surface area contributed by atoms with Gasteiger partial charge in [0.25, 0.3) is 17.7 Å². The summed E-state index contributed by atoms with van der Waals surface area (Å²) in [6, 6.07) is 5.31. The highest BCUT2D eigenvalue weighted by Gasteiger charge is 2.38. The van der Waals surface area contributed by atoms with Crippen LogP contribution in [0.3, 0.4) is 0 Å². The van der Waals surface area contributed by atoms with Crippen molar-refractivity contribution >= 4 is 23.5 Å². The van der Waals surface area contributed by atoms with Gasteiger partial charge in [0.05, 0.1) is 5.57 Å². The van der Waals surface area contributed by atoms with E-state index in [4.69, 9.17) is 4.74 Å². The molecule has 41 heavy (non-hydrogen) atoms. The summed E-state index contributed by atoms with van der Waals surface area (Å²) in [7, 11) is 3.75. The Morgan fingerprint density at radius 2 is 2.02 bits per heavy atom. The van der Waals surface area contributed by atoms with E-state index in [1.165, 1.54) is 0 Å². The zero-order valence-electron chi connectivity index (χ0n) is 24.1. The number of nitrogens with zero attached hydrogens (tertiary/aromatic N) is 4. The van der Waals surface area contributed by atoms with Gasteiger partial charge in [0.2, 0.25) is 11.8 Å². The number of rotatable bonds is 7. The van der Waals surface area contributed by atoms with Gasteiger partial charge in [0, 0.05) is 50.6 Å². The SMILES string of the molecule is Cc1cc(C(=O)NC2CCCN(C)C2)ccc1Nc1ncc(C(C)(F)F)c(OC2=CCC(C)C3=C2C(=O)N(C)C3)n1. The molecule has 1 aromatic carbocycles. The molecule has 1 fully saturated rings. The van der Waals surface area contributed by atoms with Gasteiger partial charge in [-0.2, -0.15) is 4.98 Å². The van der Waals surface area contributed by atoms with Gasteiger partial charge in [-0.3, -0.25) is 9.59 Å². The first-order valence-electron chi connectivity index (χ1n) is 13.9. The van der Waals surface area contributed by atoms with E-state index in [-0.39, 0.29) is 41.4 Å². The van der Waals surface area contributed by atoms with Gasteiger partial charge < -0.3 is 25.2 Å². The van der Waals surface area contributed by atoms with Crippen LogP contribution in [0.25, 0.3) is 0 Å². The lowest BCUT2D eigenvalue weighted by Gasteiger charge is -2.30. The third-order valence-corrected chi connectivity index (χ3v) is 7.92. The molecule has 5 rings (SSSR count). The molecule has 2 amide bonds. The minimum Gasteiger partial charge on any atom is -0.438 e. The number of alkyl halides is 2. The molecule has 1 saturated heterocycles. The summed E-state index contributed by atoms with van der Waals surface area (Å²) in [5.74, 6) is -3.51. The molecule has 0 radical (unpaired) electrons. The van der Waals surface area contributed by atoms with Gasteiger partial charge in [-0.05, 0) is 81.1 Å². The van der Waals surface area contributed by atoms with Gasteiger partial charge in [-0.15, -0.1) is 0 Å². The quantitative estimate of drug-likeness (QED) is 0.508. The number of nitrogens with one attached hydrogen (secondary N) is 2. The number of allylic oxidation sites excluding steroid dienone is 1. The Kier molecular flexibility index (Phi) is 7.83. The zero-order valence-corrected chi connectivity index (χ0v) is 24.1. The lowest BCUT2D eigenvalue weighted by Crippen LogP contribution is -2.46. The number of halogens is 2. The fraction of sp³-hybridized carbons (Fsp3) is 0.467. The van der Waals surface area contributed by atoms with Crippen molar-refractivity contribution in [2.24, 2.45) is 5.92 Å². The number of anilines is 2. The van der Waals surface area contributed by atoms with Crippen LogP contribution in [0.5, 0.6) is 5.88 Å². The van der Waals surface area contributed by atoms with Crippen molar-refractivity contribution in [3.05, 3.63) is 64.1 Å². The average molecular weight is 567 g/mol. The number of benzene rings is 1. The number of likely N-dealkylation sites (N-methyl/N-ethyl adjacent to an activating group) is 2. The van der Waals surface area contributed by atoms with E-state index in [2.05, 4.69) is 25.5 Å². The summed E-state index contributed by atoms with van der Waals surface area (Å²) >= 11 is 0. The highest BCUT2D eigenvalue weighted by Crippen LogP contribution is 2.39. The second-order valence-electron chi connectivity index (χ2n) is 11.4. The lowest BCUT2D eigenvalue weighted by atomic mass is 9.89. The molecule has 3 heterocycles. The van der Waals surface area contributed by atoms with Crippen molar-refractivity contribution in [2.45, 2.75) is 52.0 Å². The standard InChI is InChI=1S/C30H36F2N6O3/c1-17-8-11-24(25-21(17)16-38(5)28(25)40)41-27-22(30(3,31)32)14-33-29(36-27)35-23-10-9-19(13-18(23)2)26(39)34-20-7-6-12-37(4)15-20/h9-11,13-14,17,20H,6-8,12,15-16H2,1-5H3,(H,34,39)(H,33,35,36). The van der Waals surface area contributed by atoms with Crippen LogP contribution in [-0.4, -0.2) is 71.4 Å². The number of hydrogen-bond acceptors (Lipinski definition) is 7. The van der Waals surface area contributed by atoms with Crippen molar-refractivity contribution in [3.8, 4) is 5.88 Å². The van der Waals surface area contributed by atoms with E-state index in [1.807, 2.05) is 20.9 Å². The molecule has 2 unspecified atom stereocenters. The molecule has 0 saturated carbocycles. The zero-order chi connectivity index (χ0) is 29.5. The van der Waals surface area contributed by atoms with Crippen LogP contribution in [0.4, 0.5) is 20.4 Å². The number of aromatic nitrogens is 2. The van der Waals surface area contributed by atoms with E-state index in [0.29, 0.717) is 29.8 Å². The molecule has 1 aromatic heterocycles. The summed E-state index contributed by atoms with van der Waals surface area (Å²) in [6.45, 7) is 6.94. The average Bonchev–Trinajstić information content (AvgIpc) is 3.21. The predicted molar refractivity (Wildman–Crippen MR) is 151 cm³/mol. The fourth-order valence-electron chi connectivity index (χ4n) is 5.55. The maximum atomic E-state index is 14.5. The first-order chi connectivity index (χ1) is 19.4. The van der Waals surface area contributed by atoms with E-state index < -0.39 is 11.5 Å². The highest BCUT2D eigenvalue weighted by atomic mass is 19.3. The largest absolute Gasteiger partial charge is 0.438 e. The maximum Gasteiger partial charge on any atom is 0.277 e. The molecule has 11 heteroatoms. The highest BCUT2D eigenvalue weighted by molar-refractivity contribution is 6.01. The van der Waals surface area contributed by atoms with Crippen molar-refractivity contribution in [1.82, 2.24) is 25.1 Å². The van der Waals surface area contributed by atoms with Crippen molar-refractivity contribution in [2.75, 3.05) is 39.0 Å². The summed E-state index contributed by atoms with van der Waals surface area (Å²) in [4.78, 5) is 37.9. The minimum atomic E-state index is -3.28. The van der Waals surface area contributed by atoms with Crippen LogP contribution in [-0.2, 0) is 10.7 Å². The van der Waals surface area contributed by atoms with Gasteiger partial charge >= 0.3 is 0 Å². The second-order valence-corrected chi connectivity index (χ2v) is 11.4. The summed E-state index contributed by atoms with van der Waals surface area (Å²) < 4.78 is 35.0. The van der Waals surface area contributed by atoms with E-state index in [0.717, 1.165) is 50.2 Å². The molecule has 3 aliphatic rings. The Bertz CT molecular complexity index is 1430. The second kappa shape index (κ2) is 11.2. The number of aryl methyl sites for hydroxylation is 1. The van der Waals surface area contributed by atoms with Crippen LogP contribution in [0.2, 0.25) is 0 Å². The predicted octanol–water partition coefficient (Wildman–Crippen LogP) is 4.54. The van der Waals surface area contributed by atoms with Crippen LogP contribution in [0, 0.1) is 12.8 Å². The van der Waals surface area contributed by atoms with Gasteiger partial charge in [-0.25, -0.2) is 13.8 Å². The Labute approximate surface area is 238 Å². The Hall–Kier alpha value is -3.86. The monoisotopic (exact) mass is 566 g/mol. The number of carbonyl (C=O) groups excluding carboxylic acids is 2. The van der Waals surface area contributed by atoms with Crippen LogP contribution >= 0.6 is 0 Å². The van der Waals surface area contributed by atoms with E-state index in [9.17, 15) is 18.4 Å². The number of amides is 2. The number of carbonyl (C=O) groups is 2. The van der Waals surface area contributed by atoms with Gasteiger partial charge in [0.1, 0.15) is 11.3 Å². The Morgan fingerprint density at radius 3 is 2.73 bits per heavy atom. The van der Waals surface area contributed by atoms with Gasteiger partial charge in [-0.1, -0.05) is 6.92 Å². The van der Waals surface area contributed by atoms with Crippen LogP contribution in [0.15, 0.2) is 47.4 Å². The van der Waals surface area contributed by atoms with Crippen LogP contribution in [0.1, 0.15) is 54.6 Å². The third-order valence-electron chi connectivity index (χ3n) is 7.92. The Balaban J connectivity index is 1.36. The molecule has 2 N–H and O–H groups in total. The molecule has 2 aliphatic heterocycles. The first-order valence-corrected chi connectivity index (χ1v) is 13.9. The molecule has 2 atom stereocenters. The molecule has 0 spiro atoms. The smallest absolute Gasteiger partial charge is 0.277 e. The first kappa shape index (κ1) is 28.7. The topological polar surface area (TPSA) is 99.7 Å². The molecule has 1 aliphatic carbocycles. The summed E-state index contributed by atoms with van der Waals surface area (Å²) in [6.07, 6.45) is 5.41. The van der Waals surface area contributed by atoms with Crippen molar-refractivity contribution in [1.29, 1.82) is 0 Å². The number of ether oxygens (including phenoxy) is 1. The molecule has 9 nitrogen and oxygen atoms in total. The number of hydrogen-bond donors (Lipinski definition) is 2. The van der Waals surface area contributed by atoms with E-state index in [1.54, 1.807) is 36.2 Å². The number of piperidine rings is 1. The molecular formula is C30H36F2N6O3. The fourth-order valence-corrected chi connectivity index (χ4v) is 5.55. The molecular weight excluding hydrogens is 530 g/mol.